The van der Waals surface area contributed by atoms with Crippen molar-refractivity contribution in [1.82, 2.24) is 9.88 Å². The number of anilines is 1. The lowest BCUT2D eigenvalue weighted by Crippen LogP contribution is -2.30. The fourth-order valence-corrected chi connectivity index (χ4v) is 1.58. The van der Waals surface area contributed by atoms with Crippen LogP contribution in [0.5, 0.6) is 0 Å². The minimum Gasteiger partial charge on any atom is -0.324 e. The summed E-state index contributed by atoms with van der Waals surface area (Å²) in [6.45, 7) is 2.82. The molecule has 1 amide bonds. The predicted octanol–water partition coefficient (Wildman–Crippen LogP) is 0.559. The van der Waals surface area contributed by atoms with Crippen LogP contribution in [0.3, 0.4) is 0 Å². The molecule has 1 heterocycles. The zero-order valence-electron chi connectivity index (χ0n) is 9.90. The van der Waals surface area contributed by atoms with E-state index in [2.05, 4.69) is 10.6 Å². The molecule has 17 heavy (non-hydrogen) atoms. The van der Waals surface area contributed by atoms with Crippen LogP contribution in [0.4, 0.5) is 5.69 Å². The van der Waals surface area contributed by atoms with Gasteiger partial charge in [-0.1, -0.05) is 0 Å². The first-order valence-corrected chi connectivity index (χ1v) is 5.93. The van der Waals surface area contributed by atoms with Crippen LogP contribution >= 0.6 is 0 Å². The van der Waals surface area contributed by atoms with Gasteiger partial charge in [0.25, 0.3) is 5.56 Å². The Hall–Kier alpha value is -1.62. The van der Waals surface area contributed by atoms with Gasteiger partial charge in [-0.3, -0.25) is 9.59 Å². The van der Waals surface area contributed by atoms with Crippen LogP contribution in [0.15, 0.2) is 23.1 Å². The Morgan fingerprint density at radius 2 is 2.24 bits per heavy atom. The summed E-state index contributed by atoms with van der Waals surface area (Å²) >= 11 is 0. The van der Waals surface area contributed by atoms with Gasteiger partial charge < -0.3 is 15.2 Å². The van der Waals surface area contributed by atoms with Gasteiger partial charge in [0.05, 0.1) is 12.2 Å². The largest absolute Gasteiger partial charge is 0.324 e. The Labute approximate surface area is 99.8 Å². The van der Waals surface area contributed by atoms with Crippen LogP contribution in [-0.4, -0.2) is 23.1 Å². The number of nitrogens with one attached hydrogen (secondary N) is 2. The number of hydrogen-bond acceptors (Lipinski definition) is 3. The smallest absolute Gasteiger partial charge is 0.250 e. The molecular weight excluding hydrogens is 218 g/mol. The molecule has 1 aliphatic carbocycles. The number of aromatic nitrogens is 1. The fraction of sp³-hybridized carbons (Fsp3) is 0.500. The first-order chi connectivity index (χ1) is 8.19. The molecule has 0 aromatic carbocycles. The van der Waals surface area contributed by atoms with Crippen molar-refractivity contribution in [2.24, 2.45) is 0 Å². The number of carbonyl (C=O) groups is 1. The van der Waals surface area contributed by atoms with E-state index in [0.717, 1.165) is 12.8 Å². The highest BCUT2D eigenvalue weighted by Gasteiger charge is 2.21. The SMILES string of the molecule is CCn1cc(NC(=O)CNC2CC2)ccc1=O. The van der Waals surface area contributed by atoms with E-state index in [0.29, 0.717) is 24.8 Å². The fourth-order valence-electron chi connectivity index (χ4n) is 1.58. The van der Waals surface area contributed by atoms with Crippen molar-refractivity contribution in [1.29, 1.82) is 0 Å². The molecule has 2 N–H and O–H groups in total. The second-order valence-electron chi connectivity index (χ2n) is 4.25. The molecule has 1 aromatic heterocycles. The molecule has 0 saturated heterocycles. The van der Waals surface area contributed by atoms with E-state index in [1.54, 1.807) is 16.8 Å². The lowest BCUT2D eigenvalue weighted by Gasteiger charge is -2.08. The maximum absolute atomic E-state index is 11.6. The number of hydrogen-bond donors (Lipinski definition) is 2. The summed E-state index contributed by atoms with van der Waals surface area (Å²) in [6.07, 6.45) is 3.99. The third kappa shape index (κ3) is 3.42. The minimum absolute atomic E-state index is 0.0541. The molecule has 1 aromatic rings. The maximum Gasteiger partial charge on any atom is 0.250 e. The Bertz CT molecular complexity index is 463. The van der Waals surface area contributed by atoms with E-state index in [9.17, 15) is 9.59 Å². The number of rotatable bonds is 5. The third-order valence-corrected chi connectivity index (χ3v) is 2.74. The molecule has 0 atom stereocenters. The van der Waals surface area contributed by atoms with Crippen molar-refractivity contribution in [3.8, 4) is 0 Å². The number of amides is 1. The summed E-state index contributed by atoms with van der Waals surface area (Å²) in [5.74, 6) is -0.0711. The molecule has 0 unspecified atom stereocenters. The van der Waals surface area contributed by atoms with Crippen molar-refractivity contribution in [2.75, 3.05) is 11.9 Å². The van der Waals surface area contributed by atoms with Crippen molar-refractivity contribution in [2.45, 2.75) is 32.4 Å². The normalized spacial score (nSPS) is 14.6. The van der Waals surface area contributed by atoms with Crippen LogP contribution in [0.1, 0.15) is 19.8 Å². The van der Waals surface area contributed by atoms with Gasteiger partial charge in [0.2, 0.25) is 5.91 Å². The van der Waals surface area contributed by atoms with E-state index in [4.69, 9.17) is 0 Å². The average Bonchev–Trinajstić information content (AvgIpc) is 3.13. The van der Waals surface area contributed by atoms with Crippen molar-refractivity contribution < 1.29 is 4.79 Å². The topological polar surface area (TPSA) is 63.1 Å². The van der Waals surface area contributed by atoms with Crippen LogP contribution < -0.4 is 16.2 Å². The molecule has 0 aliphatic heterocycles. The van der Waals surface area contributed by atoms with Gasteiger partial charge in [-0.15, -0.1) is 0 Å². The van der Waals surface area contributed by atoms with Crippen LogP contribution in [0.25, 0.3) is 0 Å². The van der Waals surface area contributed by atoms with Gasteiger partial charge in [-0.2, -0.15) is 0 Å². The van der Waals surface area contributed by atoms with Gasteiger partial charge in [0, 0.05) is 24.8 Å². The summed E-state index contributed by atoms with van der Waals surface area (Å²) in [5, 5.41) is 5.90. The standard InChI is InChI=1S/C12H17N3O2/c1-2-15-8-10(5-6-12(15)17)14-11(16)7-13-9-3-4-9/h5-6,8-9,13H,2-4,7H2,1H3,(H,14,16). The molecular formula is C12H17N3O2. The molecule has 0 spiro atoms. The van der Waals surface area contributed by atoms with E-state index in [-0.39, 0.29) is 11.5 Å². The first kappa shape index (κ1) is 11.9. The zero-order valence-corrected chi connectivity index (χ0v) is 9.90. The Balaban J connectivity index is 1.92. The van der Waals surface area contributed by atoms with Gasteiger partial charge >= 0.3 is 0 Å². The van der Waals surface area contributed by atoms with Gasteiger partial charge in [0.1, 0.15) is 0 Å². The summed E-state index contributed by atoms with van der Waals surface area (Å²) in [7, 11) is 0. The average molecular weight is 235 g/mol. The van der Waals surface area contributed by atoms with Gasteiger partial charge in [-0.05, 0) is 25.8 Å². The van der Waals surface area contributed by atoms with Crippen molar-refractivity contribution >= 4 is 11.6 Å². The van der Waals surface area contributed by atoms with Gasteiger partial charge in [0.15, 0.2) is 0 Å². The van der Waals surface area contributed by atoms with Crippen molar-refractivity contribution in [3.63, 3.8) is 0 Å². The monoisotopic (exact) mass is 235 g/mol. The molecule has 1 saturated carbocycles. The highest BCUT2D eigenvalue weighted by Crippen LogP contribution is 2.18. The van der Waals surface area contributed by atoms with Crippen LogP contribution in [-0.2, 0) is 11.3 Å². The molecule has 92 valence electrons. The molecule has 5 nitrogen and oxygen atoms in total. The summed E-state index contributed by atoms with van der Waals surface area (Å²) in [4.78, 5) is 22.9. The number of nitrogens with zero attached hydrogens (tertiary/aromatic N) is 1. The molecule has 1 fully saturated rings. The Morgan fingerprint density at radius 3 is 2.88 bits per heavy atom. The van der Waals surface area contributed by atoms with Crippen LogP contribution in [0, 0.1) is 0 Å². The summed E-state index contributed by atoms with van der Waals surface area (Å²) in [5.41, 5.74) is 0.607. The van der Waals surface area contributed by atoms with E-state index in [1.165, 1.54) is 6.07 Å². The van der Waals surface area contributed by atoms with Crippen LogP contribution in [0.2, 0.25) is 0 Å². The number of carbonyl (C=O) groups excluding carboxylic acids is 1. The summed E-state index contributed by atoms with van der Waals surface area (Å²) < 4.78 is 1.56. The first-order valence-electron chi connectivity index (χ1n) is 5.93. The quantitative estimate of drug-likeness (QED) is 0.783. The minimum atomic E-state index is -0.0711. The lowest BCUT2D eigenvalue weighted by molar-refractivity contribution is -0.115. The maximum atomic E-state index is 11.6. The zero-order chi connectivity index (χ0) is 12.3. The van der Waals surface area contributed by atoms with E-state index in [1.807, 2.05) is 6.92 Å². The second kappa shape index (κ2) is 5.14. The molecule has 5 heteroatoms. The van der Waals surface area contributed by atoms with E-state index < -0.39 is 0 Å². The molecule has 0 radical (unpaired) electrons. The van der Waals surface area contributed by atoms with E-state index >= 15 is 0 Å². The molecule has 0 bridgehead atoms. The highest BCUT2D eigenvalue weighted by atomic mass is 16.2. The molecule has 2 rings (SSSR count). The third-order valence-electron chi connectivity index (χ3n) is 2.74. The number of aryl methyl sites for hydroxylation is 1. The summed E-state index contributed by atoms with van der Waals surface area (Å²) in [6, 6.07) is 3.61. The Kier molecular flexibility index (Phi) is 3.58. The van der Waals surface area contributed by atoms with Crippen molar-refractivity contribution in [3.05, 3.63) is 28.7 Å². The number of pyridine rings is 1. The predicted molar refractivity (Wildman–Crippen MR) is 66.0 cm³/mol. The van der Waals surface area contributed by atoms with Gasteiger partial charge in [-0.25, -0.2) is 0 Å². The lowest BCUT2D eigenvalue weighted by atomic mass is 10.4. The second-order valence-corrected chi connectivity index (χ2v) is 4.25. The molecule has 1 aliphatic rings. The highest BCUT2D eigenvalue weighted by molar-refractivity contribution is 5.92. The Morgan fingerprint density at radius 1 is 1.47 bits per heavy atom.